The van der Waals surface area contributed by atoms with E-state index in [0.29, 0.717) is 24.7 Å². The van der Waals surface area contributed by atoms with E-state index in [9.17, 15) is 9.59 Å². The van der Waals surface area contributed by atoms with Crippen molar-refractivity contribution in [2.75, 3.05) is 18.6 Å². The van der Waals surface area contributed by atoms with E-state index < -0.39 is 23.5 Å². The molecule has 3 aliphatic rings. The van der Waals surface area contributed by atoms with Gasteiger partial charge in [0.1, 0.15) is 17.1 Å². The highest BCUT2D eigenvalue weighted by molar-refractivity contribution is 6.02. The summed E-state index contributed by atoms with van der Waals surface area (Å²) in [5, 5.41) is 6.91. The van der Waals surface area contributed by atoms with Crippen molar-refractivity contribution >= 4 is 17.6 Å². The van der Waals surface area contributed by atoms with E-state index in [1.165, 1.54) is 0 Å². The van der Waals surface area contributed by atoms with Gasteiger partial charge < -0.3 is 19.3 Å². The molecule has 2 saturated heterocycles. The number of methoxy groups -OCH3 is 1. The minimum atomic E-state index is -0.785. The summed E-state index contributed by atoms with van der Waals surface area (Å²) in [4.78, 5) is 27.8. The summed E-state index contributed by atoms with van der Waals surface area (Å²) < 4.78 is 16.5. The molecule has 8 heteroatoms. The maximum absolute atomic E-state index is 13.2. The normalized spacial score (nSPS) is 29.4. The van der Waals surface area contributed by atoms with Gasteiger partial charge in [-0.15, -0.1) is 0 Å². The van der Waals surface area contributed by atoms with Crippen LogP contribution in [0.3, 0.4) is 0 Å². The summed E-state index contributed by atoms with van der Waals surface area (Å²) in [6.07, 6.45) is 3.41. The zero-order valence-electron chi connectivity index (χ0n) is 16.1. The van der Waals surface area contributed by atoms with Crippen LogP contribution in [-0.2, 0) is 20.9 Å². The molecule has 5 rings (SSSR count). The number of nitrogens with zero attached hydrogens (tertiary/aromatic N) is 2. The van der Waals surface area contributed by atoms with Gasteiger partial charge in [-0.25, -0.2) is 0 Å². The molecule has 4 heterocycles. The molecular formula is C21H21N3O5. The number of anilines is 1. The van der Waals surface area contributed by atoms with Crippen LogP contribution in [0.15, 0.2) is 47.0 Å². The predicted octanol–water partition coefficient (Wildman–Crippen LogP) is 1.59. The molecule has 0 saturated carbocycles. The third-order valence-corrected chi connectivity index (χ3v) is 5.90. The van der Waals surface area contributed by atoms with Crippen LogP contribution in [0.5, 0.6) is 5.75 Å². The Morgan fingerprint density at radius 2 is 2.28 bits per heavy atom. The number of fused-ring (bicyclic) bond motifs is 1. The van der Waals surface area contributed by atoms with Crippen LogP contribution < -0.4 is 15.0 Å². The zero-order chi connectivity index (χ0) is 20.2. The third kappa shape index (κ3) is 2.74. The lowest BCUT2D eigenvalue weighted by molar-refractivity contribution is -0.132. The number of carbonyl (C=O) groups is 2. The molecule has 0 aliphatic carbocycles. The Morgan fingerprint density at radius 1 is 1.41 bits per heavy atom. The number of amides is 2. The highest BCUT2D eigenvalue weighted by atomic mass is 16.5. The number of ether oxygens (including phenoxy) is 2. The highest BCUT2D eigenvalue weighted by Gasteiger charge is 2.67. The van der Waals surface area contributed by atoms with E-state index in [4.69, 9.17) is 14.0 Å². The molecule has 2 aromatic rings. The first-order chi connectivity index (χ1) is 14.0. The Balaban J connectivity index is 1.35. The van der Waals surface area contributed by atoms with Gasteiger partial charge in [0.05, 0.1) is 31.6 Å². The van der Waals surface area contributed by atoms with E-state index in [-0.39, 0.29) is 11.8 Å². The van der Waals surface area contributed by atoms with E-state index >= 15 is 0 Å². The van der Waals surface area contributed by atoms with Crippen molar-refractivity contribution in [2.24, 2.45) is 11.8 Å². The smallest absolute Gasteiger partial charge is 0.235 e. The minimum absolute atomic E-state index is 0.160. The number of carbonyl (C=O) groups excluding carboxylic acids is 2. The minimum Gasteiger partial charge on any atom is -0.497 e. The van der Waals surface area contributed by atoms with Gasteiger partial charge in [-0.05, 0) is 24.6 Å². The molecule has 4 atom stereocenters. The fourth-order valence-corrected chi connectivity index (χ4v) is 4.56. The first-order valence-electron chi connectivity index (χ1n) is 9.53. The first kappa shape index (κ1) is 17.9. The van der Waals surface area contributed by atoms with Crippen LogP contribution in [-0.4, -0.2) is 42.3 Å². The number of nitrogens with one attached hydrogen (secondary N) is 1. The lowest BCUT2D eigenvalue weighted by atomic mass is 9.77. The molecule has 0 radical (unpaired) electrons. The van der Waals surface area contributed by atoms with Crippen molar-refractivity contribution in [3.8, 4) is 5.75 Å². The lowest BCUT2D eigenvalue weighted by Gasteiger charge is -2.23. The van der Waals surface area contributed by atoms with Crippen molar-refractivity contribution in [2.45, 2.75) is 25.2 Å². The molecule has 8 nitrogen and oxygen atoms in total. The predicted molar refractivity (Wildman–Crippen MR) is 102 cm³/mol. The van der Waals surface area contributed by atoms with Gasteiger partial charge in [0.15, 0.2) is 5.82 Å². The average Bonchev–Trinajstić information content (AvgIpc) is 3.47. The Morgan fingerprint density at radius 3 is 3.03 bits per heavy atom. The summed E-state index contributed by atoms with van der Waals surface area (Å²) in [5.74, 6) is 0.303. The van der Waals surface area contributed by atoms with Gasteiger partial charge in [-0.2, -0.15) is 0 Å². The average molecular weight is 395 g/mol. The van der Waals surface area contributed by atoms with E-state index in [0.717, 1.165) is 11.3 Å². The Labute approximate surface area is 167 Å². The molecular weight excluding hydrogens is 374 g/mol. The molecule has 1 N–H and O–H groups in total. The monoisotopic (exact) mass is 395 g/mol. The summed E-state index contributed by atoms with van der Waals surface area (Å²) in [6, 6.07) is 9.22. The molecule has 1 aromatic heterocycles. The SMILES string of the molecule is COc1cccc(CNC(=O)C2C3C(=O)N(c4cc(C)on4)C[C@@]34C=C[C@H]2O4)c1. The summed E-state index contributed by atoms with van der Waals surface area (Å²) in [7, 11) is 1.60. The van der Waals surface area contributed by atoms with Crippen molar-refractivity contribution in [1.82, 2.24) is 10.5 Å². The number of aromatic nitrogens is 1. The van der Waals surface area contributed by atoms with Crippen LogP contribution >= 0.6 is 0 Å². The van der Waals surface area contributed by atoms with Gasteiger partial charge in [-0.3, -0.25) is 14.5 Å². The Bertz CT molecular complexity index is 1020. The van der Waals surface area contributed by atoms with Crippen molar-refractivity contribution < 1.29 is 23.6 Å². The molecule has 3 aliphatic heterocycles. The van der Waals surface area contributed by atoms with Gasteiger partial charge >= 0.3 is 0 Å². The standard InChI is InChI=1S/C21H21N3O5/c1-12-8-16(23-29-12)24-11-21-7-6-15(28-21)17(18(21)20(24)26)19(25)22-10-13-4-3-5-14(9-13)27-2/h3-9,15,17-18H,10-11H2,1-2H3,(H,22,25)/t15-,17?,18?,21+/m1/s1. The van der Waals surface area contributed by atoms with Gasteiger partial charge in [0.25, 0.3) is 0 Å². The molecule has 150 valence electrons. The first-order valence-corrected chi connectivity index (χ1v) is 9.53. The summed E-state index contributed by atoms with van der Waals surface area (Å²) in [5.41, 5.74) is 0.136. The molecule has 2 bridgehead atoms. The highest BCUT2D eigenvalue weighted by Crippen LogP contribution is 2.52. The number of benzene rings is 1. The van der Waals surface area contributed by atoms with E-state index in [1.807, 2.05) is 36.4 Å². The largest absolute Gasteiger partial charge is 0.497 e. The van der Waals surface area contributed by atoms with E-state index in [2.05, 4.69) is 10.5 Å². The van der Waals surface area contributed by atoms with Crippen molar-refractivity contribution in [3.05, 3.63) is 53.8 Å². The number of rotatable bonds is 5. The van der Waals surface area contributed by atoms with Crippen LogP contribution in [0, 0.1) is 18.8 Å². The van der Waals surface area contributed by atoms with E-state index in [1.54, 1.807) is 25.0 Å². The van der Waals surface area contributed by atoms with Crippen LogP contribution in [0.4, 0.5) is 5.82 Å². The van der Waals surface area contributed by atoms with Crippen molar-refractivity contribution in [3.63, 3.8) is 0 Å². The van der Waals surface area contributed by atoms with Crippen LogP contribution in [0.2, 0.25) is 0 Å². The second-order valence-electron chi connectivity index (χ2n) is 7.69. The third-order valence-electron chi connectivity index (χ3n) is 5.90. The fourth-order valence-electron chi connectivity index (χ4n) is 4.56. The zero-order valence-corrected chi connectivity index (χ0v) is 16.1. The number of hydrogen-bond donors (Lipinski definition) is 1. The maximum Gasteiger partial charge on any atom is 0.235 e. The van der Waals surface area contributed by atoms with Gasteiger partial charge in [0.2, 0.25) is 11.8 Å². The van der Waals surface area contributed by atoms with Crippen LogP contribution in [0.1, 0.15) is 11.3 Å². The van der Waals surface area contributed by atoms with Gasteiger partial charge in [0, 0.05) is 12.6 Å². The quantitative estimate of drug-likeness (QED) is 0.773. The van der Waals surface area contributed by atoms with Crippen LogP contribution in [0.25, 0.3) is 0 Å². The topological polar surface area (TPSA) is 93.9 Å². The summed E-state index contributed by atoms with van der Waals surface area (Å²) >= 11 is 0. The Kier molecular flexibility index (Phi) is 3.99. The molecule has 1 spiro atoms. The molecule has 29 heavy (non-hydrogen) atoms. The maximum atomic E-state index is 13.2. The number of hydrogen-bond acceptors (Lipinski definition) is 6. The molecule has 2 unspecified atom stereocenters. The second kappa shape index (κ2) is 6.45. The summed E-state index contributed by atoms with van der Waals surface area (Å²) in [6.45, 7) is 2.45. The van der Waals surface area contributed by atoms with Crippen molar-refractivity contribution in [1.29, 1.82) is 0 Å². The molecule has 2 fully saturated rings. The lowest BCUT2D eigenvalue weighted by Crippen LogP contribution is -2.44. The fraction of sp³-hybridized carbons (Fsp3) is 0.381. The molecule has 2 amide bonds. The number of aryl methyl sites for hydroxylation is 1. The van der Waals surface area contributed by atoms with Gasteiger partial charge in [-0.1, -0.05) is 29.4 Å². The molecule has 1 aromatic carbocycles. The second-order valence-corrected chi connectivity index (χ2v) is 7.69. The Hall–Kier alpha value is -3.13.